The third-order valence-corrected chi connectivity index (χ3v) is 15.4. The number of rotatable bonds is 13. The average Bonchev–Trinajstić information content (AvgIpc) is 3.51. The number of nitrogens with zero attached hydrogens (tertiary/aromatic N) is 4. The highest BCUT2D eigenvalue weighted by Crippen LogP contribution is 2.69. The number of alkyl halides is 5. The van der Waals surface area contributed by atoms with Crippen molar-refractivity contribution in [2.45, 2.75) is 101 Å². The topological polar surface area (TPSA) is 86.0 Å². The number of fused-ring (bicyclic) bond motifs is 1. The maximum atomic E-state index is 18.1. The highest BCUT2D eigenvalue weighted by Gasteiger charge is 2.77. The number of ether oxygens (including phenoxy) is 3. The summed E-state index contributed by atoms with van der Waals surface area (Å²) in [6.07, 6.45) is 0.298. The Labute approximate surface area is 392 Å². The van der Waals surface area contributed by atoms with Crippen molar-refractivity contribution in [2.24, 2.45) is 5.41 Å². The zero-order valence-corrected chi connectivity index (χ0v) is 38.7. The lowest BCUT2D eigenvalue weighted by atomic mass is 9.79. The summed E-state index contributed by atoms with van der Waals surface area (Å²) in [6, 6.07) is 25.1. The van der Waals surface area contributed by atoms with Crippen molar-refractivity contribution in [3.05, 3.63) is 136 Å². The molecule has 0 radical (unpaired) electrons. The Kier molecular flexibility index (Phi) is 11.6. The highest BCUT2D eigenvalue weighted by molar-refractivity contribution is 5.96. The predicted octanol–water partition coefficient (Wildman–Crippen LogP) is 12.4. The number of nitrogens with two attached hydrogens (primary N) is 1. The fourth-order valence-corrected chi connectivity index (χ4v) is 11.8. The molecule has 0 bridgehead atoms. The van der Waals surface area contributed by atoms with E-state index in [-0.39, 0.29) is 66.0 Å². The first-order chi connectivity index (χ1) is 32.5. The third-order valence-electron chi connectivity index (χ3n) is 15.4. The van der Waals surface area contributed by atoms with E-state index in [0.29, 0.717) is 73.6 Å². The fourth-order valence-electron chi connectivity index (χ4n) is 11.8. The highest BCUT2D eigenvalue weighted by atomic mass is 19.4. The lowest BCUT2D eigenvalue weighted by molar-refractivity contribution is -0.137. The summed E-state index contributed by atoms with van der Waals surface area (Å²) in [5.41, 5.74) is 7.04. The first kappa shape index (κ1) is 45.7. The number of aromatic nitrogens is 2. The van der Waals surface area contributed by atoms with Gasteiger partial charge in [0, 0.05) is 48.8 Å². The molecular weight excluding hydrogens is 881 g/mol. The van der Waals surface area contributed by atoms with Crippen molar-refractivity contribution < 1.29 is 40.6 Å². The van der Waals surface area contributed by atoms with Gasteiger partial charge in [0.1, 0.15) is 41.3 Å². The third kappa shape index (κ3) is 8.15. The van der Waals surface area contributed by atoms with Gasteiger partial charge < -0.3 is 24.8 Å². The van der Waals surface area contributed by atoms with E-state index in [2.05, 4.69) is 21.8 Å². The molecule has 2 aliphatic heterocycles. The van der Waals surface area contributed by atoms with Crippen LogP contribution in [0.25, 0.3) is 21.9 Å². The molecule has 356 valence electrons. The van der Waals surface area contributed by atoms with Crippen LogP contribution in [0.5, 0.6) is 17.2 Å². The van der Waals surface area contributed by atoms with Crippen LogP contribution in [0.15, 0.2) is 91.1 Å². The second kappa shape index (κ2) is 17.2. The van der Waals surface area contributed by atoms with Crippen LogP contribution in [0.1, 0.15) is 96.4 Å². The molecule has 2 N–H and O–H groups in total. The molecule has 2 saturated heterocycles. The zero-order valence-electron chi connectivity index (χ0n) is 38.7. The van der Waals surface area contributed by atoms with Gasteiger partial charge in [0.15, 0.2) is 0 Å². The van der Waals surface area contributed by atoms with E-state index in [1.165, 1.54) is 13.0 Å². The molecule has 14 heteroatoms. The lowest BCUT2D eigenvalue weighted by Gasteiger charge is -2.32. The number of hydrogen-bond donors (Lipinski definition) is 1. The molecule has 10 rings (SSSR count). The molecule has 0 amide bonds. The first-order valence-electron chi connectivity index (χ1n) is 23.4. The summed E-state index contributed by atoms with van der Waals surface area (Å²) >= 11 is 0. The van der Waals surface area contributed by atoms with Gasteiger partial charge >= 0.3 is 6.18 Å². The number of benzene rings is 4. The number of pyridine rings is 2. The number of aryl methyl sites for hydroxylation is 2. The summed E-state index contributed by atoms with van der Waals surface area (Å²) in [6.45, 7) is 5.05. The van der Waals surface area contributed by atoms with Crippen molar-refractivity contribution in [2.75, 3.05) is 44.5 Å². The second-order valence-corrected chi connectivity index (χ2v) is 19.5. The van der Waals surface area contributed by atoms with Crippen LogP contribution in [0.2, 0.25) is 0 Å². The minimum atomic E-state index is -4.89. The lowest BCUT2D eigenvalue weighted by Crippen LogP contribution is -2.43. The molecule has 8 nitrogen and oxygen atoms in total. The SMILES string of the molecule is COc1ccc(CN(Cc2ccc(OC)cc2)c2cc(-c3cc4c5c(cc(OC[C@@]67CCCN6C[C@]6(CC6(F)F)C7)cc5c3F)C([C@@H](C)c3cccnc3N)CCC4)c(C(F)(F)F)c(C)n2)cc1. The normalized spacial score (nSPS) is 22.2. The maximum Gasteiger partial charge on any atom is 0.418 e. The number of hydrogen-bond acceptors (Lipinski definition) is 8. The van der Waals surface area contributed by atoms with Crippen LogP contribution in [-0.2, 0) is 25.7 Å². The number of methoxy groups -OCH3 is 2. The predicted molar refractivity (Wildman–Crippen MR) is 251 cm³/mol. The Morgan fingerprint density at radius 1 is 0.882 bits per heavy atom. The number of nitrogen functional groups attached to an aromatic ring is 1. The molecule has 1 spiro atoms. The quantitative estimate of drug-likeness (QED) is 0.115. The van der Waals surface area contributed by atoms with Crippen LogP contribution in [-0.4, -0.2) is 60.2 Å². The minimum absolute atomic E-state index is 0.128. The van der Waals surface area contributed by atoms with E-state index < -0.39 is 34.4 Å². The minimum Gasteiger partial charge on any atom is -0.497 e. The molecule has 68 heavy (non-hydrogen) atoms. The van der Waals surface area contributed by atoms with Crippen molar-refractivity contribution >= 4 is 22.4 Å². The Bertz CT molecular complexity index is 2830. The van der Waals surface area contributed by atoms with Crippen molar-refractivity contribution in [1.82, 2.24) is 14.9 Å². The van der Waals surface area contributed by atoms with Gasteiger partial charge in [0.05, 0.1) is 36.4 Å². The van der Waals surface area contributed by atoms with Gasteiger partial charge in [-0.3, -0.25) is 4.90 Å². The van der Waals surface area contributed by atoms with E-state index in [4.69, 9.17) is 19.9 Å². The van der Waals surface area contributed by atoms with Crippen LogP contribution < -0.4 is 24.8 Å². The van der Waals surface area contributed by atoms with Crippen LogP contribution >= 0.6 is 0 Å². The molecule has 4 atom stereocenters. The standard InChI is InChI=1S/C54H55F6N5O3/c1-32(41-10-6-20-62-50(41)61)40-9-5-8-36-22-44(49(55)45-24-39(23-42(40)47(36)45)68-31-52-19-7-21-65(52)30-51(28-52)29-53(51,56)57)43-25-46(63-33(2)48(43)54(58,59)60)64(26-34-11-15-37(66-3)16-12-34)27-35-13-17-38(67-4)18-14-35/h6,10-18,20,22-25,32,40H,5,7-9,19,21,26-31H2,1-4H3,(H2,61,62)/t32-,40?,51-,52+/m1/s1. The van der Waals surface area contributed by atoms with E-state index in [9.17, 15) is 8.78 Å². The van der Waals surface area contributed by atoms with Gasteiger partial charge in [0.2, 0.25) is 0 Å². The number of anilines is 2. The maximum absolute atomic E-state index is 18.1. The largest absolute Gasteiger partial charge is 0.497 e. The van der Waals surface area contributed by atoms with Gasteiger partial charge in [-0.2, -0.15) is 13.2 Å². The van der Waals surface area contributed by atoms with Gasteiger partial charge in [-0.1, -0.05) is 37.3 Å². The molecule has 6 aromatic rings. The smallest absolute Gasteiger partial charge is 0.418 e. The number of halogens is 6. The molecule has 1 unspecified atom stereocenters. The molecule has 1 saturated carbocycles. The van der Waals surface area contributed by atoms with Crippen molar-refractivity contribution in [1.29, 1.82) is 0 Å². The summed E-state index contributed by atoms with van der Waals surface area (Å²) in [5, 5.41) is 0.770. The van der Waals surface area contributed by atoms with E-state index in [1.54, 1.807) is 32.5 Å². The average molecular weight is 936 g/mol. The van der Waals surface area contributed by atoms with Crippen LogP contribution in [0, 0.1) is 18.2 Å². The Hall–Kier alpha value is -6.02. The van der Waals surface area contributed by atoms with Gasteiger partial charge in [-0.05, 0) is 152 Å². The first-order valence-corrected chi connectivity index (χ1v) is 23.4. The summed E-state index contributed by atoms with van der Waals surface area (Å²) < 4.78 is 112. The molecular formula is C54H55F6N5O3. The Morgan fingerprint density at radius 3 is 2.18 bits per heavy atom. The Morgan fingerprint density at radius 2 is 1.56 bits per heavy atom. The van der Waals surface area contributed by atoms with Crippen molar-refractivity contribution in [3.8, 4) is 28.4 Å². The fraction of sp³-hybridized carbons (Fsp3) is 0.407. The summed E-state index contributed by atoms with van der Waals surface area (Å²) in [4.78, 5) is 13.0. The molecule has 2 aliphatic carbocycles. The molecule has 2 aromatic heterocycles. The monoisotopic (exact) mass is 935 g/mol. The van der Waals surface area contributed by atoms with E-state index >= 15 is 17.6 Å². The van der Waals surface area contributed by atoms with Crippen LogP contribution in [0.4, 0.5) is 38.0 Å². The molecule has 3 fully saturated rings. The van der Waals surface area contributed by atoms with E-state index in [0.717, 1.165) is 34.2 Å². The van der Waals surface area contributed by atoms with Crippen LogP contribution in [0.3, 0.4) is 0 Å². The second-order valence-electron chi connectivity index (χ2n) is 19.5. The van der Waals surface area contributed by atoms with E-state index in [1.807, 2.05) is 71.6 Å². The summed E-state index contributed by atoms with van der Waals surface area (Å²) in [7, 11) is 3.14. The molecule has 4 aromatic carbocycles. The van der Waals surface area contributed by atoms with Gasteiger partial charge in [-0.25, -0.2) is 23.1 Å². The summed E-state index contributed by atoms with van der Waals surface area (Å²) in [5.74, 6) is -1.62. The Balaban J connectivity index is 1.12. The zero-order chi connectivity index (χ0) is 47.8. The molecule has 4 heterocycles. The van der Waals surface area contributed by atoms with Gasteiger partial charge in [-0.15, -0.1) is 0 Å². The van der Waals surface area contributed by atoms with Gasteiger partial charge in [0.25, 0.3) is 5.92 Å². The van der Waals surface area contributed by atoms with Crippen molar-refractivity contribution in [3.63, 3.8) is 0 Å². The molecule has 4 aliphatic rings.